The second-order valence-corrected chi connectivity index (χ2v) is 8.22. The van der Waals surface area contributed by atoms with E-state index in [9.17, 15) is 4.79 Å². The number of halogens is 1. The van der Waals surface area contributed by atoms with E-state index in [0.717, 1.165) is 28.7 Å². The minimum Gasteiger partial charge on any atom is -0.494 e. The van der Waals surface area contributed by atoms with Gasteiger partial charge in [0, 0.05) is 36.6 Å². The van der Waals surface area contributed by atoms with Gasteiger partial charge in [0.25, 0.3) is 5.91 Å². The van der Waals surface area contributed by atoms with Crippen LogP contribution >= 0.6 is 22.9 Å². The summed E-state index contributed by atoms with van der Waals surface area (Å²) in [5.74, 6) is 0.543. The van der Waals surface area contributed by atoms with Crippen molar-refractivity contribution in [2.75, 3.05) is 18.6 Å². The number of aryl methyl sites for hydroxylation is 1. The van der Waals surface area contributed by atoms with Gasteiger partial charge in [-0.15, -0.1) is 0 Å². The molecule has 2 aromatic carbocycles. The molecule has 0 unspecified atom stereocenters. The molecule has 158 valence electrons. The lowest BCUT2D eigenvalue weighted by Crippen LogP contribution is -2.30. The topological polar surface area (TPSA) is 60.2 Å². The van der Waals surface area contributed by atoms with E-state index in [1.807, 2.05) is 47.2 Å². The Labute approximate surface area is 189 Å². The first-order valence-electron chi connectivity index (χ1n) is 9.79. The fraction of sp³-hybridized carbons (Fsp3) is 0.174. The van der Waals surface area contributed by atoms with E-state index < -0.39 is 0 Å². The summed E-state index contributed by atoms with van der Waals surface area (Å²) in [5, 5.41) is 1.24. The van der Waals surface area contributed by atoms with Crippen LogP contribution in [-0.2, 0) is 11.3 Å². The molecule has 6 nitrogen and oxygen atoms in total. The van der Waals surface area contributed by atoms with Crippen LogP contribution < -0.4 is 9.64 Å². The maximum atomic E-state index is 13.2. The Morgan fingerprint density at radius 2 is 2.13 bits per heavy atom. The average Bonchev–Trinajstić information content (AvgIpc) is 3.45. The molecule has 0 radical (unpaired) electrons. The summed E-state index contributed by atoms with van der Waals surface area (Å²) in [4.78, 5) is 23.6. The minimum atomic E-state index is -0.149. The summed E-state index contributed by atoms with van der Waals surface area (Å²) in [6, 6.07) is 13.2. The average molecular weight is 453 g/mol. The first kappa shape index (κ1) is 21.1. The second kappa shape index (κ2) is 9.76. The Bertz CT molecular complexity index is 1200. The van der Waals surface area contributed by atoms with Crippen molar-refractivity contribution in [3.05, 3.63) is 77.8 Å². The van der Waals surface area contributed by atoms with Crippen LogP contribution in [0.1, 0.15) is 12.0 Å². The second-order valence-electron chi connectivity index (χ2n) is 6.80. The minimum absolute atomic E-state index is 0.149. The normalized spacial score (nSPS) is 11.3. The number of fused-ring (bicyclic) bond motifs is 1. The number of para-hydroxylation sites is 1. The van der Waals surface area contributed by atoms with Crippen LogP contribution in [0.25, 0.3) is 16.3 Å². The molecule has 4 aromatic rings. The number of thiazole rings is 1. The third kappa shape index (κ3) is 4.95. The van der Waals surface area contributed by atoms with Crippen molar-refractivity contribution in [3.63, 3.8) is 0 Å². The zero-order valence-corrected chi connectivity index (χ0v) is 18.5. The molecule has 0 fully saturated rings. The number of nitrogens with zero attached hydrogens (tertiary/aromatic N) is 4. The molecule has 2 aromatic heterocycles. The third-order valence-corrected chi connectivity index (χ3v) is 6.14. The molecule has 0 spiro atoms. The molecule has 0 N–H and O–H groups in total. The first-order valence-corrected chi connectivity index (χ1v) is 11.0. The molecule has 0 bridgehead atoms. The van der Waals surface area contributed by atoms with Gasteiger partial charge in [-0.25, -0.2) is 9.97 Å². The number of hydrogen-bond acceptors (Lipinski definition) is 5. The van der Waals surface area contributed by atoms with E-state index >= 15 is 0 Å². The van der Waals surface area contributed by atoms with E-state index in [1.54, 1.807) is 42.8 Å². The van der Waals surface area contributed by atoms with Gasteiger partial charge in [-0.2, -0.15) is 0 Å². The Balaban J connectivity index is 1.60. The molecular weight excluding hydrogens is 432 g/mol. The summed E-state index contributed by atoms with van der Waals surface area (Å²) in [7, 11) is 1.62. The van der Waals surface area contributed by atoms with Crippen LogP contribution in [0.15, 0.2) is 67.3 Å². The number of rotatable bonds is 8. The molecule has 4 rings (SSSR count). The van der Waals surface area contributed by atoms with Crippen LogP contribution in [0.4, 0.5) is 5.13 Å². The van der Waals surface area contributed by atoms with Crippen LogP contribution in [0.5, 0.6) is 5.75 Å². The molecule has 1 amide bonds. The first-order chi connectivity index (χ1) is 15.2. The third-order valence-electron chi connectivity index (χ3n) is 4.76. The highest BCUT2D eigenvalue weighted by Crippen LogP contribution is 2.34. The molecule has 0 aliphatic rings. The molecule has 0 aliphatic heterocycles. The van der Waals surface area contributed by atoms with Gasteiger partial charge >= 0.3 is 0 Å². The SMILES string of the molecule is COc1cccc2sc(N(CCCn3ccnc3)C(=O)/C=C/c3ccccc3Cl)nc12. The van der Waals surface area contributed by atoms with Crippen molar-refractivity contribution in [2.24, 2.45) is 0 Å². The summed E-state index contributed by atoms with van der Waals surface area (Å²) in [6.07, 6.45) is 9.46. The fourth-order valence-corrected chi connectivity index (χ4v) is 4.40. The number of carbonyl (C=O) groups is 1. The zero-order chi connectivity index (χ0) is 21.6. The van der Waals surface area contributed by atoms with Crippen molar-refractivity contribution >= 4 is 50.3 Å². The standard InChI is InChI=1S/C23H21ClN4O2S/c1-30-19-8-4-9-20-22(19)26-23(31-20)28(14-5-13-27-15-12-25-16-27)21(29)11-10-17-6-2-3-7-18(17)24/h2-4,6-12,15-16H,5,13-14H2,1H3/b11-10+. The highest BCUT2D eigenvalue weighted by Gasteiger charge is 2.19. The van der Waals surface area contributed by atoms with Crippen molar-refractivity contribution in [1.29, 1.82) is 0 Å². The number of benzene rings is 2. The van der Waals surface area contributed by atoms with Crippen LogP contribution in [0, 0.1) is 0 Å². The van der Waals surface area contributed by atoms with Gasteiger partial charge in [-0.3, -0.25) is 9.69 Å². The summed E-state index contributed by atoms with van der Waals surface area (Å²) in [5.41, 5.74) is 1.55. The van der Waals surface area contributed by atoms with Gasteiger partial charge in [0.15, 0.2) is 5.13 Å². The lowest BCUT2D eigenvalue weighted by molar-refractivity contribution is -0.114. The van der Waals surface area contributed by atoms with Crippen molar-refractivity contribution in [3.8, 4) is 5.75 Å². The van der Waals surface area contributed by atoms with Crippen molar-refractivity contribution in [1.82, 2.24) is 14.5 Å². The Morgan fingerprint density at radius 3 is 2.90 bits per heavy atom. The Hall–Kier alpha value is -3.16. The van der Waals surface area contributed by atoms with E-state index in [0.29, 0.717) is 22.4 Å². The van der Waals surface area contributed by atoms with E-state index in [-0.39, 0.29) is 5.91 Å². The molecule has 8 heteroatoms. The highest BCUT2D eigenvalue weighted by atomic mass is 35.5. The Morgan fingerprint density at radius 1 is 1.26 bits per heavy atom. The largest absolute Gasteiger partial charge is 0.494 e. The summed E-state index contributed by atoms with van der Waals surface area (Å²) >= 11 is 7.69. The highest BCUT2D eigenvalue weighted by molar-refractivity contribution is 7.22. The summed E-state index contributed by atoms with van der Waals surface area (Å²) < 4.78 is 8.39. The maximum Gasteiger partial charge on any atom is 0.252 e. The van der Waals surface area contributed by atoms with Gasteiger partial charge in [-0.05, 0) is 36.3 Å². The predicted molar refractivity (Wildman–Crippen MR) is 126 cm³/mol. The fourth-order valence-electron chi connectivity index (χ4n) is 3.18. The number of hydrogen-bond donors (Lipinski definition) is 0. The lowest BCUT2D eigenvalue weighted by Gasteiger charge is -2.18. The number of imidazole rings is 1. The van der Waals surface area contributed by atoms with Crippen LogP contribution in [0.2, 0.25) is 5.02 Å². The summed E-state index contributed by atoms with van der Waals surface area (Å²) in [6.45, 7) is 1.28. The molecule has 0 atom stereocenters. The number of methoxy groups -OCH3 is 1. The van der Waals surface area contributed by atoms with Crippen molar-refractivity contribution in [2.45, 2.75) is 13.0 Å². The number of anilines is 1. The molecule has 0 aliphatic carbocycles. The van der Waals surface area contributed by atoms with Crippen LogP contribution in [0.3, 0.4) is 0 Å². The zero-order valence-electron chi connectivity index (χ0n) is 16.9. The maximum absolute atomic E-state index is 13.2. The van der Waals surface area contributed by atoms with E-state index in [1.165, 1.54) is 11.3 Å². The number of carbonyl (C=O) groups excluding carboxylic acids is 1. The van der Waals surface area contributed by atoms with Gasteiger partial charge in [0.05, 0.1) is 18.1 Å². The van der Waals surface area contributed by atoms with E-state index in [2.05, 4.69) is 4.98 Å². The predicted octanol–water partition coefficient (Wildman–Crippen LogP) is 5.29. The Kier molecular flexibility index (Phi) is 6.64. The van der Waals surface area contributed by atoms with Gasteiger partial charge in [0.2, 0.25) is 0 Å². The van der Waals surface area contributed by atoms with Gasteiger partial charge in [-0.1, -0.05) is 47.2 Å². The molecule has 0 saturated carbocycles. The molecule has 31 heavy (non-hydrogen) atoms. The van der Waals surface area contributed by atoms with Gasteiger partial charge in [0.1, 0.15) is 11.3 Å². The monoisotopic (exact) mass is 452 g/mol. The smallest absolute Gasteiger partial charge is 0.252 e. The van der Waals surface area contributed by atoms with Crippen LogP contribution in [-0.4, -0.2) is 34.1 Å². The number of amides is 1. The number of ether oxygens (including phenoxy) is 1. The quantitative estimate of drug-likeness (QED) is 0.341. The molecular formula is C23H21ClN4O2S. The molecule has 2 heterocycles. The van der Waals surface area contributed by atoms with Crippen molar-refractivity contribution < 1.29 is 9.53 Å². The lowest BCUT2D eigenvalue weighted by atomic mass is 10.2. The van der Waals surface area contributed by atoms with E-state index in [4.69, 9.17) is 21.3 Å². The number of aromatic nitrogens is 3. The van der Waals surface area contributed by atoms with Gasteiger partial charge < -0.3 is 9.30 Å². The molecule has 0 saturated heterocycles.